The molecule has 1 amide bonds. The van der Waals surface area contributed by atoms with Crippen LogP contribution in [0.4, 0.5) is 0 Å². The molecule has 1 aliphatic heterocycles. The maximum Gasteiger partial charge on any atom is 0.243 e. The molecule has 9 heteroatoms. The van der Waals surface area contributed by atoms with Gasteiger partial charge in [-0.3, -0.25) is 4.79 Å². The topological polar surface area (TPSA) is 107 Å². The Kier molecular flexibility index (Phi) is 5.59. The van der Waals surface area contributed by atoms with Crippen LogP contribution in [0.5, 0.6) is 0 Å². The van der Waals surface area contributed by atoms with Gasteiger partial charge in [-0.15, -0.1) is 0 Å². The van der Waals surface area contributed by atoms with Gasteiger partial charge in [-0.1, -0.05) is 18.2 Å². The molecule has 0 bridgehead atoms. The molecule has 3 heterocycles. The molecule has 158 valence electrons. The molecular formula is C21H24N4O4S. The number of primary amides is 1. The fraction of sp³-hybridized carbons (Fsp3) is 0.333. The SMILES string of the molecule is COC1CCN(S(=O)(=O)c2ccccc2-c2ccn3ncc(CC(N)=O)c3c2)CC1. The lowest BCUT2D eigenvalue weighted by Gasteiger charge is -2.31. The average molecular weight is 429 g/mol. The van der Waals surface area contributed by atoms with E-state index in [4.69, 9.17) is 10.5 Å². The van der Waals surface area contributed by atoms with Crippen LogP contribution in [-0.2, 0) is 26.0 Å². The number of nitrogens with zero attached hydrogens (tertiary/aromatic N) is 3. The number of aromatic nitrogens is 2. The van der Waals surface area contributed by atoms with Gasteiger partial charge in [0.25, 0.3) is 0 Å². The van der Waals surface area contributed by atoms with E-state index in [-0.39, 0.29) is 17.4 Å². The second-order valence-electron chi connectivity index (χ2n) is 7.39. The van der Waals surface area contributed by atoms with Crippen molar-refractivity contribution < 1.29 is 17.9 Å². The second kappa shape index (κ2) is 8.17. The van der Waals surface area contributed by atoms with E-state index in [0.29, 0.717) is 37.1 Å². The van der Waals surface area contributed by atoms with Crippen molar-refractivity contribution in [1.29, 1.82) is 0 Å². The van der Waals surface area contributed by atoms with Crippen LogP contribution in [0.3, 0.4) is 0 Å². The lowest BCUT2D eigenvalue weighted by atomic mass is 10.1. The minimum Gasteiger partial charge on any atom is -0.381 e. The minimum absolute atomic E-state index is 0.0708. The number of ether oxygens (including phenoxy) is 1. The van der Waals surface area contributed by atoms with E-state index in [0.717, 1.165) is 11.1 Å². The number of piperidine rings is 1. The van der Waals surface area contributed by atoms with Gasteiger partial charge in [0.15, 0.2) is 0 Å². The van der Waals surface area contributed by atoms with Gasteiger partial charge in [0.05, 0.1) is 29.1 Å². The Morgan fingerprint density at radius 2 is 1.97 bits per heavy atom. The van der Waals surface area contributed by atoms with Crippen molar-refractivity contribution >= 4 is 21.4 Å². The zero-order chi connectivity index (χ0) is 21.3. The summed E-state index contributed by atoms with van der Waals surface area (Å²) in [5, 5.41) is 4.24. The van der Waals surface area contributed by atoms with Crippen LogP contribution in [0.15, 0.2) is 53.7 Å². The summed E-state index contributed by atoms with van der Waals surface area (Å²) in [6, 6.07) is 10.6. The fourth-order valence-corrected chi connectivity index (χ4v) is 5.58. The first-order chi connectivity index (χ1) is 14.4. The van der Waals surface area contributed by atoms with E-state index in [1.807, 2.05) is 18.2 Å². The van der Waals surface area contributed by atoms with E-state index in [1.165, 1.54) is 4.31 Å². The summed E-state index contributed by atoms with van der Waals surface area (Å²) in [5.74, 6) is -0.447. The van der Waals surface area contributed by atoms with Gasteiger partial charge in [0.2, 0.25) is 15.9 Å². The maximum absolute atomic E-state index is 13.4. The largest absolute Gasteiger partial charge is 0.381 e. The third kappa shape index (κ3) is 3.83. The van der Waals surface area contributed by atoms with Crippen LogP contribution in [0.2, 0.25) is 0 Å². The van der Waals surface area contributed by atoms with Crippen molar-refractivity contribution in [2.75, 3.05) is 20.2 Å². The standard InChI is InChI=1S/C21H24N4O4S/c1-29-17-7-9-24(10-8-17)30(27,28)20-5-3-2-4-18(20)15-6-11-25-19(12-15)16(14-23-25)13-21(22)26/h2-6,11-12,14,17H,7-10,13H2,1H3,(H2,22,26). The summed E-state index contributed by atoms with van der Waals surface area (Å²) >= 11 is 0. The van der Waals surface area contributed by atoms with Gasteiger partial charge in [-0.25, -0.2) is 12.9 Å². The highest BCUT2D eigenvalue weighted by atomic mass is 32.2. The van der Waals surface area contributed by atoms with Crippen molar-refractivity contribution in [2.24, 2.45) is 5.73 Å². The second-order valence-corrected chi connectivity index (χ2v) is 9.30. The van der Waals surface area contributed by atoms with Crippen LogP contribution in [0, 0.1) is 0 Å². The van der Waals surface area contributed by atoms with Crippen molar-refractivity contribution in [1.82, 2.24) is 13.9 Å². The van der Waals surface area contributed by atoms with Crippen LogP contribution >= 0.6 is 0 Å². The molecule has 0 radical (unpaired) electrons. The summed E-state index contributed by atoms with van der Waals surface area (Å²) in [6.07, 6.45) is 4.88. The molecule has 0 aliphatic carbocycles. The van der Waals surface area contributed by atoms with Crippen molar-refractivity contribution in [2.45, 2.75) is 30.3 Å². The first-order valence-electron chi connectivity index (χ1n) is 9.77. The number of sulfonamides is 1. The summed E-state index contributed by atoms with van der Waals surface area (Å²) in [5.41, 5.74) is 8.11. The summed E-state index contributed by atoms with van der Waals surface area (Å²) < 4.78 is 35.3. The van der Waals surface area contributed by atoms with E-state index < -0.39 is 15.9 Å². The predicted molar refractivity (Wildman–Crippen MR) is 112 cm³/mol. The molecular weight excluding hydrogens is 404 g/mol. The molecule has 8 nitrogen and oxygen atoms in total. The molecule has 30 heavy (non-hydrogen) atoms. The molecule has 0 unspecified atom stereocenters. The van der Waals surface area contributed by atoms with Gasteiger partial charge in [0, 0.05) is 37.5 Å². The maximum atomic E-state index is 13.4. The number of carbonyl (C=O) groups is 1. The first-order valence-corrected chi connectivity index (χ1v) is 11.2. The fourth-order valence-electron chi connectivity index (χ4n) is 3.90. The van der Waals surface area contributed by atoms with E-state index >= 15 is 0 Å². The predicted octanol–water partition coefficient (Wildman–Crippen LogP) is 1.83. The summed E-state index contributed by atoms with van der Waals surface area (Å²) in [4.78, 5) is 11.6. The van der Waals surface area contributed by atoms with E-state index in [9.17, 15) is 13.2 Å². The minimum atomic E-state index is -3.66. The highest BCUT2D eigenvalue weighted by molar-refractivity contribution is 7.89. The number of rotatable bonds is 6. The number of methoxy groups -OCH3 is 1. The number of amides is 1. The lowest BCUT2D eigenvalue weighted by molar-refractivity contribution is -0.117. The normalized spacial score (nSPS) is 16.2. The van der Waals surface area contributed by atoms with Gasteiger partial charge in [0.1, 0.15) is 0 Å². The average Bonchev–Trinajstić information content (AvgIpc) is 3.15. The highest BCUT2D eigenvalue weighted by Crippen LogP contribution is 2.32. The molecule has 0 saturated carbocycles. The third-order valence-electron chi connectivity index (χ3n) is 5.52. The molecule has 0 spiro atoms. The number of benzene rings is 1. The number of nitrogens with two attached hydrogens (primary N) is 1. The van der Waals surface area contributed by atoms with Gasteiger partial charge < -0.3 is 10.5 Å². The Morgan fingerprint density at radius 3 is 2.67 bits per heavy atom. The Bertz CT molecular complexity index is 1180. The molecule has 2 aromatic heterocycles. The van der Waals surface area contributed by atoms with Crippen LogP contribution in [-0.4, -0.2) is 54.5 Å². The van der Waals surface area contributed by atoms with Crippen molar-refractivity contribution in [3.8, 4) is 11.1 Å². The van der Waals surface area contributed by atoms with Crippen LogP contribution in [0.25, 0.3) is 16.6 Å². The van der Waals surface area contributed by atoms with E-state index in [1.54, 1.807) is 42.2 Å². The molecule has 1 aromatic carbocycles. The quantitative estimate of drug-likeness (QED) is 0.645. The summed E-state index contributed by atoms with van der Waals surface area (Å²) in [7, 11) is -2.00. The number of hydrogen-bond acceptors (Lipinski definition) is 5. The molecule has 0 atom stereocenters. The lowest BCUT2D eigenvalue weighted by Crippen LogP contribution is -2.40. The van der Waals surface area contributed by atoms with Crippen molar-refractivity contribution in [3.63, 3.8) is 0 Å². The van der Waals surface area contributed by atoms with Crippen LogP contribution < -0.4 is 5.73 Å². The highest BCUT2D eigenvalue weighted by Gasteiger charge is 2.31. The Morgan fingerprint density at radius 1 is 1.23 bits per heavy atom. The van der Waals surface area contributed by atoms with Gasteiger partial charge in [-0.2, -0.15) is 9.40 Å². The zero-order valence-electron chi connectivity index (χ0n) is 16.7. The van der Waals surface area contributed by atoms with Crippen LogP contribution in [0.1, 0.15) is 18.4 Å². The number of fused-ring (bicyclic) bond motifs is 1. The molecule has 1 fully saturated rings. The number of pyridine rings is 1. The monoisotopic (exact) mass is 428 g/mol. The van der Waals surface area contributed by atoms with E-state index in [2.05, 4.69) is 5.10 Å². The number of carbonyl (C=O) groups excluding carboxylic acids is 1. The Hall–Kier alpha value is -2.75. The van der Waals surface area contributed by atoms with Gasteiger partial charge >= 0.3 is 0 Å². The number of hydrogen-bond donors (Lipinski definition) is 1. The summed E-state index contributed by atoms with van der Waals surface area (Å²) in [6.45, 7) is 0.860. The molecule has 1 saturated heterocycles. The molecule has 1 aliphatic rings. The zero-order valence-corrected chi connectivity index (χ0v) is 17.5. The van der Waals surface area contributed by atoms with Gasteiger partial charge in [-0.05, 0) is 36.6 Å². The molecule has 2 N–H and O–H groups in total. The van der Waals surface area contributed by atoms with Crippen molar-refractivity contribution in [3.05, 3.63) is 54.4 Å². The molecule has 4 rings (SSSR count). The third-order valence-corrected chi connectivity index (χ3v) is 7.47. The Balaban J connectivity index is 1.74. The Labute approximate surface area is 175 Å². The smallest absolute Gasteiger partial charge is 0.243 e. The molecule has 3 aromatic rings. The first kappa shape index (κ1) is 20.5.